The molecule has 0 N–H and O–H groups in total. The molecular weight excluding hydrogens is 853 g/mol. The second kappa shape index (κ2) is 56.1. The van der Waals surface area contributed by atoms with E-state index < -0.39 is 6.10 Å². The Balaban J connectivity index is 4.62. The largest absolute Gasteiger partial charge is 0.462 e. The number of hydrogen-bond acceptors (Lipinski definition) is 6. The predicted octanol–water partition coefficient (Wildman–Crippen LogP) is 18.6. The van der Waals surface area contributed by atoms with Crippen LogP contribution in [0.4, 0.5) is 0 Å². The Bertz CT molecular complexity index is 1510. The standard InChI is InChI=1S/C63H100O6/c1-4-7-10-13-16-19-22-25-28-30-31-33-35-38-41-44-47-50-53-56-62(65)68-59-60(58-67-61(64)55-52-49-46-43-40-37-34-27-24-21-18-15-12-9-6-3)69-63(66)57-54-51-48-45-42-39-36-32-29-26-23-20-17-14-11-8-5-2/h7,10,16,18-19,21,24-29,31,33,36,38-39,41,45,47-48,50,60H,4-6,8-9,11-15,17,20,22-23,30,32,34-35,37,40,42-44,46,49,51-59H2,1-3H3/b10-7-,19-16-,21-18-,27-24-,28-25-,29-26-,33-31-,39-36-,41-38-,48-45-,50-47-. The first-order valence-electron chi connectivity index (χ1n) is 27.7. The van der Waals surface area contributed by atoms with Crippen molar-refractivity contribution in [3.05, 3.63) is 134 Å². The molecule has 0 aromatic carbocycles. The molecule has 6 heteroatoms. The molecule has 6 nitrogen and oxygen atoms in total. The van der Waals surface area contributed by atoms with E-state index in [9.17, 15) is 14.4 Å². The van der Waals surface area contributed by atoms with Crippen molar-refractivity contribution >= 4 is 17.9 Å². The fraction of sp³-hybridized carbons (Fsp3) is 0.603. The zero-order valence-corrected chi connectivity index (χ0v) is 44.3. The molecule has 0 aliphatic carbocycles. The summed E-state index contributed by atoms with van der Waals surface area (Å²) in [4.78, 5) is 38.1. The summed E-state index contributed by atoms with van der Waals surface area (Å²) in [6, 6.07) is 0. The van der Waals surface area contributed by atoms with Crippen molar-refractivity contribution in [2.75, 3.05) is 13.2 Å². The van der Waals surface area contributed by atoms with Crippen LogP contribution < -0.4 is 0 Å². The third-order valence-corrected chi connectivity index (χ3v) is 11.1. The van der Waals surface area contributed by atoms with Crippen LogP contribution in [0.1, 0.15) is 226 Å². The highest BCUT2D eigenvalue weighted by atomic mass is 16.6. The highest BCUT2D eigenvalue weighted by Gasteiger charge is 2.19. The maximum Gasteiger partial charge on any atom is 0.306 e. The van der Waals surface area contributed by atoms with E-state index in [1.165, 1.54) is 77.0 Å². The molecule has 0 amide bonds. The van der Waals surface area contributed by atoms with Crippen LogP contribution in [0.3, 0.4) is 0 Å². The molecule has 388 valence electrons. The molecule has 1 unspecified atom stereocenters. The van der Waals surface area contributed by atoms with Gasteiger partial charge in [-0.25, -0.2) is 0 Å². The van der Waals surface area contributed by atoms with E-state index in [1.54, 1.807) is 0 Å². The van der Waals surface area contributed by atoms with Gasteiger partial charge in [-0.15, -0.1) is 0 Å². The number of ether oxygens (including phenoxy) is 3. The molecule has 1 atom stereocenters. The first kappa shape index (κ1) is 64.5. The molecule has 0 aliphatic rings. The molecule has 0 rings (SSSR count). The van der Waals surface area contributed by atoms with Gasteiger partial charge in [0.15, 0.2) is 6.10 Å². The topological polar surface area (TPSA) is 78.9 Å². The monoisotopic (exact) mass is 953 g/mol. The van der Waals surface area contributed by atoms with Gasteiger partial charge in [-0.05, 0) is 116 Å². The molecule has 0 saturated carbocycles. The Hall–Kier alpha value is -4.45. The summed E-state index contributed by atoms with van der Waals surface area (Å²) in [6.45, 7) is 6.36. The minimum Gasteiger partial charge on any atom is -0.462 e. The zero-order valence-electron chi connectivity index (χ0n) is 44.3. The summed E-state index contributed by atoms with van der Waals surface area (Å²) in [6.07, 6.45) is 78.8. The van der Waals surface area contributed by atoms with Crippen molar-refractivity contribution in [2.45, 2.75) is 232 Å². The maximum atomic E-state index is 12.8. The number of allylic oxidation sites excluding steroid dienone is 22. The molecule has 0 spiro atoms. The average molecular weight is 953 g/mol. The number of unbranched alkanes of at least 4 members (excludes halogenated alkanes) is 16. The quantitative estimate of drug-likeness (QED) is 0.0199. The van der Waals surface area contributed by atoms with Gasteiger partial charge in [0, 0.05) is 19.3 Å². The molecular formula is C63H100O6. The minimum atomic E-state index is -0.845. The molecule has 0 bridgehead atoms. The van der Waals surface area contributed by atoms with E-state index in [0.717, 1.165) is 96.3 Å². The number of rotatable bonds is 48. The smallest absolute Gasteiger partial charge is 0.306 e. The Kier molecular flexibility index (Phi) is 52.5. The van der Waals surface area contributed by atoms with Crippen molar-refractivity contribution in [1.29, 1.82) is 0 Å². The third-order valence-electron chi connectivity index (χ3n) is 11.1. The van der Waals surface area contributed by atoms with Gasteiger partial charge in [0.25, 0.3) is 0 Å². The van der Waals surface area contributed by atoms with Crippen molar-refractivity contribution in [3.8, 4) is 0 Å². The van der Waals surface area contributed by atoms with E-state index in [-0.39, 0.29) is 44.0 Å². The SMILES string of the molecule is CC/C=C\C/C=C\C/C=C\C/C=C\C/C=C\C/C=C\CCC(=O)OCC(COC(=O)CCCCCCCC/C=C\C=C/CCCCC)OC(=O)CCC/C=C\C/C=C\C/C=C\CCCCCCCC. The summed E-state index contributed by atoms with van der Waals surface area (Å²) in [5, 5.41) is 0. The van der Waals surface area contributed by atoms with Crippen molar-refractivity contribution < 1.29 is 28.6 Å². The lowest BCUT2D eigenvalue weighted by Crippen LogP contribution is -2.30. The molecule has 0 fully saturated rings. The average Bonchev–Trinajstić information content (AvgIpc) is 3.35. The Morgan fingerprint density at radius 3 is 1.13 bits per heavy atom. The van der Waals surface area contributed by atoms with E-state index >= 15 is 0 Å². The van der Waals surface area contributed by atoms with Crippen LogP contribution in [-0.4, -0.2) is 37.2 Å². The zero-order chi connectivity index (χ0) is 50.0. The van der Waals surface area contributed by atoms with Crippen LogP contribution in [0, 0.1) is 0 Å². The Morgan fingerprint density at radius 1 is 0.319 bits per heavy atom. The van der Waals surface area contributed by atoms with Crippen molar-refractivity contribution in [2.24, 2.45) is 0 Å². The lowest BCUT2D eigenvalue weighted by molar-refractivity contribution is -0.166. The first-order chi connectivity index (χ1) is 34.0. The normalized spacial score (nSPS) is 13.1. The van der Waals surface area contributed by atoms with Gasteiger partial charge in [0.05, 0.1) is 0 Å². The molecule has 0 aromatic rings. The van der Waals surface area contributed by atoms with Gasteiger partial charge in [-0.1, -0.05) is 225 Å². The van der Waals surface area contributed by atoms with Gasteiger partial charge >= 0.3 is 17.9 Å². The number of carbonyl (C=O) groups is 3. The molecule has 0 aliphatic heterocycles. The van der Waals surface area contributed by atoms with Gasteiger partial charge in [0.1, 0.15) is 13.2 Å². The fourth-order valence-corrected chi connectivity index (χ4v) is 7.00. The highest BCUT2D eigenvalue weighted by molar-refractivity contribution is 5.71. The van der Waals surface area contributed by atoms with Crippen molar-refractivity contribution in [3.63, 3.8) is 0 Å². The van der Waals surface area contributed by atoms with Gasteiger partial charge < -0.3 is 14.2 Å². The maximum absolute atomic E-state index is 12.8. The molecule has 0 heterocycles. The highest BCUT2D eigenvalue weighted by Crippen LogP contribution is 2.12. The first-order valence-corrected chi connectivity index (χ1v) is 27.7. The second-order valence-electron chi connectivity index (χ2n) is 17.8. The van der Waals surface area contributed by atoms with Crippen molar-refractivity contribution in [1.82, 2.24) is 0 Å². The molecule has 0 radical (unpaired) electrons. The number of esters is 3. The summed E-state index contributed by atoms with van der Waals surface area (Å²) in [5.74, 6) is -1.09. The Morgan fingerprint density at radius 2 is 0.652 bits per heavy atom. The van der Waals surface area contributed by atoms with Crippen LogP contribution >= 0.6 is 0 Å². The molecule has 69 heavy (non-hydrogen) atoms. The molecule has 0 aromatic heterocycles. The fourth-order valence-electron chi connectivity index (χ4n) is 7.00. The van der Waals surface area contributed by atoms with Crippen LogP contribution in [0.15, 0.2) is 134 Å². The van der Waals surface area contributed by atoms with Gasteiger partial charge in [0.2, 0.25) is 0 Å². The second-order valence-corrected chi connectivity index (χ2v) is 17.8. The summed E-state index contributed by atoms with van der Waals surface area (Å²) >= 11 is 0. The number of hydrogen-bond donors (Lipinski definition) is 0. The molecule has 0 saturated heterocycles. The van der Waals surface area contributed by atoms with Gasteiger partial charge in [-0.2, -0.15) is 0 Å². The lowest BCUT2D eigenvalue weighted by atomic mass is 10.1. The minimum absolute atomic E-state index is 0.132. The Labute approximate surface area is 424 Å². The summed E-state index contributed by atoms with van der Waals surface area (Å²) in [7, 11) is 0. The third kappa shape index (κ3) is 54.4. The van der Waals surface area contributed by atoms with Gasteiger partial charge in [-0.3, -0.25) is 14.4 Å². The van der Waals surface area contributed by atoms with E-state index in [1.807, 2.05) is 12.2 Å². The predicted molar refractivity (Wildman–Crippen MR) is 297 cm³/mol. The number of carbonyl (C=O) groups excluding carboxylic acids is 3. The van der Waals surface area contributed by atoms with E-state index in [4.69, 9.17) is 14.2 Å². The van der Waals surface area contributed by atoms with Crippen LogP contribution in [-0.2, 0) is 28.6 Å². The van der Waals surface area contributed by atoms with Crippen LogP contribution in [0.25, 0.3) is 0 Å². The summed E-state index contributed by atoms with van der Waals surface area (Å²) in [5.41, 5.74) is 0. The van der Waals surface area contributed by atoms with Crippen LogP contribution in [0.2, 0.25) is 0 Å². The van der Waals surface area contributed by atoms with Crippen LogP contribution in [0.5, 0.6) is 0 Å². The van der Waals surface area contributed by atoms with E-state index in [0.29, 0.717) is 19.3 Å². The summed E-state index contributed by atoms with van der Waals surface area (Å²) < 4.78 is 16.7. The lowest BCUT2D eigenvalue weighted by Gasteiger charge is -2.18. The van der Waals surface area contributed by atoms with E-state index in [2.05, 4.69) is 142 Å².